The topological polar surface area (TPSA) is 12.0 Å². The standard InChI is InChI=1S/C10H19NS/c1-2-6-10(7-3-1)11-8-4-5-9-12-10/h11H,1-9H2. The van der Waals surface area contributed by atoms with Crippen LogP contribution >= 0.6 is 11.8 Å². The van der Waals surface area contributed by atoms with Gasteiger partial charge in [0.15, 0.2) is 0 Å². The van der Waals surface area contributed by atoms with E-state index in [4.69, 9.17) is 0 Å². The van der Waals surface area contributed by atoms with Crippen molar-refractivity contribution in [2.45, 2.75) is 49.8 Å². The first-order valence-corrected chi connectivity index (χ1v) is 6.29. The molecule has 2 heteroatoms. The molecular weight excluding hydrogens is 166 g/mol. The summed E-state index contributed by atoms with van der Waals surface area (Å²) in [6.45, 7) is 1.26. The van der Waals surface area contributed by atoms with E-state index in [1.54, 1.807) is 0 Å². The van der Waals surface area contributed by atoms with Gasteiger partial charge in [0, 0.05) is 0 Å². The summed E-state index contributed by atoms with van der Waals surface area (Å²) in [6.07, 6.45) is 9.98. The Morgan fingerprint density at radius 2 is 1.75 bits per heavy atom. The summed E-state index contributed by atoms with van der Waals surface area (Å²) < 4.78 is 0. The SMILES string of the molecule is C1CCC2(CC1)NCCCCS2. The molecule has 0 unspecified atom stereocenters. The summed E-state index contributed by atoms with van der Waals surface area (Å²) in [4.78, 5) is 0.509. The molecule has 1 spiro atoms. The summed E-state index contributed by atoms with van der Waals surface area (Å²) in [5.74, 6) is 1.38. The quantitative estimate of drug-likeness (QED) is 0.623. The van der Waals surface area contributed by atoms with Gasteiger partial charge in [0.1, 0.15) is 0 Å². The summed E-state index contributed by atoms with van der Waals surface area (Å²) in [5.41, 5.74) is 0. The van der Waals surface area contributed by atoms with Crippen LogP contribution in [0.15, 0.2) is 0 Å². The highest BCUT2D eigenvalue weighted by atomic mass is 32.2. The highest BCUT2D eigenvalue weighted by Gasteiger charge is 2.32. The maximum absolute atomic E-state index is 3.76. The molecule has 1 aliphatic carbocycles. The molecule has 1 saturated heterocycles. The van der Waals surface area contributed by atoms with Crippen LogP contribution < -0.4 is 5.32 Å². The number of thioether (sulfide) groups is 1. The van der Waals surface area contributed by atoms with E-state index in [-0.39, 0.29) is 0 Å². The molecule has 70 valence electrons. The highest BCUT2D eigenvalue weighted by molar-refractivity contribution is 8.00. The molecule has 1 saturated carbocycles. The molecule has 2 aliphatic rings. The summed E-state index contributed by atoms with van der Waals surface area (Å²) >= 11 is 2.20. The van der Waals surface area contributed by atoms with Gasteiger partial charge in [0.05, 0.1) is 4.87 Å². The lowest BCUT2D eigenvalue weighted by Crippen LogP contribution is -2.43. The monoisotopic (exact) mass is 185 g/mol. The lowest BCUT2D eigenvalue weighted by atomic mass is 9.94. The van der Waals surface area contributed by atoms with Crippen molar-refractivity contribution in [1.29, 1.82) is 0 Å². The fraction of sp³-hybridized carbons (Fsp3) is 1.00. The minimum atomic E-state index is 0.509. The lowest BCUT2D eigenvalue weighted by molar-refractivity contribution is 0.341. The molecule has 2 rings (SSSR count). The van der Waals surface area contributed by atoms with Crippen LogP contribution in [0.3, 0.4) is 0 Å². The molecular formula is C10H19NS. The van der Waals surface area contributed by atoms with Crippen LogP contribution in [-0.4, -0.2) is 17.2 Å². The molecule has 1 N–H and O–H groups in total. The molecule has 1 heterocycles. The second kappa shape index (κ2) is 4.01. The summed E-state index contributed by atoms with van der Waals surface area (Å²) in [7, 11) is 0. The first kappa shape index (κ1) is 8.89. The maximum Gasteiger partial charge on any atom is 0.0645 e. The minimum Gasteiger partial charge on any atom is -0.303 e. The Labute approximate surface area is 79.7 Å². The van der Waals surface area contributed by atoms with E-state index >= 15 is 0 Å². The average molecular weight is 185 g/mol. The smallest absolute Gasteiger partial charge is 0.0645 e. The molecule has 0 bridgehead atoms. The lowest BCUT2D eigenvalue weighted by Gasteiger charge is -2.36. The molecule has 0 aromatic rings. The normalized spacial score (nSPS) is 30.0. The average Bonchev–Trinajstić information content (AvgIpc) is 2.33. The first-order chi connectivity index (χ1) is 5.91. The van der Waals surface area contributed by atoms with E-state index in [0.717, 1.165) is 0 Å². The van der Waals surface area contributed by atoms with Gasteiger partial charge in [-0.05, 0) is 38.0 Å². The fourth-order valence-electron chi connectivity index (χ4n) is 2.31. The Morgan fingerprint density at radius 3 is 2.58 bits per heavy atom. The molecule has 0 amide bonds. The van der Waals surface area contributed by atoms with Crippen LogP contribution in [0.1, 0.15) is 44.9 Å². The number of nitrogens with one attached hydrogen (secondary N) is 1. The first-order valence-electron chi connectivity index (χ1n) is 5.30. The summed E-state index contributed by atoms with van der Waals surface area (Å²) in [6, 6.07) is 0. The molecule has 0 radical (unpaired) electrons. The maximum atomic E-state index is 3.76. The van der Waals surface area contributed by atoms with Crippen LogP contribution in [-0.2, 0) is 0 Å². The van der Waals surface area contributed by atoms with E-state index in [0.29, 0.717) is 4.87 Å². The van der Waals surface area contributed by atoms with Crippen LogP contribution in [0.4, 0.5) is 0 Å². The van der Waals surface area contributed by atoms with Crippen molar-refractivity contribution >= 4 is 11.8 Å². The molecule has 1 aliphatic heterocycles. The Kier molecular flexibility index (Phi) is 2.97. The molecule has 0 aromatic heterocycles. The van der Waals surface area contributed by atoms with Gasteiger partial charge in [-0.25, -0.2) is 0 Å². The van der Waals surface area contributed by atoms with E-state index in [2.05, 4.69) is 17.1 Å². The van der Waals surface area contributed by atoms with Gasteiger partial charge in [-0.2, -0.15) is 0 Å². The zero-order valence-electron chi connectivity index (χ0n) is 7.77. The van der Waals surface area contributed by atoms with E-state index in [1.807, 2.05) is 0 Å². The minimum absolute atomic E-state index is 0.509. The molecule has 2 fully saturated rings. The predicted octanol–water partition coefficient (Wildman–Crippen LogP) is 2.76. The second-order valence-corrected chi connectivity index (χ2v) is 5.52. The number of rotatable bonds is 0. The van der Waals surface area contributed by atoms with Crippen LogP contribution in [0.2, 0.25) is 0 Å². The Bertz CT molecular complexity index is 131. The van der Waals surface area contributed by atoms with Crippen molar-refractivity contribution in [1.82, 2.24) is 5.32 Å². The van der Waals surface area contributed by atoms with Crippen molar-refractivity contribution in [2.24, 2.45) is 0 Å². The van der Waals surface area contributed by atoms with E-state index in [9.17, 15) is 0 Å². The Balaban J connectivity index is 1.95. The van der Waals surface area contributed by atoms with E-state index in [1.165, 1.54) is 57.2 Å². The Morgan fingerprint density at radius 1 is 0.917 bits per heavy atom. The number of hydrogen-bond donors (Lipinski definition) is 1. The fourth-order valence-corrected chi connectivity index (χ4v) is 3.83. The third-order valence-corrected chi connectivity index (χ3v) is 4.66. The van der Waals surface area contributed by atoms with Gasteiger partial charge in [-0.15, -0.1) is 11.8 Å². The largest absolute Gasteiger partial charge is 0.303 e. The van der Waals surface area contributed by atoms with Crippen LogP contribution in [0, 0.1) is 0 Å². The zero-order valence-corrected chi connectivity index (χ0v) is 8.59. The number of hydrogen-bond acceptors (Lipinski definition) is 2. The molecule has 12 heavy (non-hydrogen) atoms. The molecule has 0 aromatic carbocycles. The van der Waals surface area contributed by atoms with Gasteiger partial charge < -0.3 is 5.32 Å². The van der Waals surface area contributed by atoms with E-state index < -0.39 is 0 Å². The van der Waals surface area contributed by atoms with Gasteiger partial charge in [0.25, 0.3) is 0 Å². The van der Waals surface area contributed by atoms with Gasteiger partial charge in [-0.1, -0.05) is 19.3 Å². The van der Waals surface area contributed by atoms with Crippen molar-refractivity contribution < 1.29 is 0 Å². The summed E-state index contributed by atoms with van der Waals surface area (Å²) in [5, 5.41) is 3.76. The third-order valence-electron chi connectivity index (χ3n) is 3.06. The van der Waals surface area contributed by atoms with Crippen molar-refractivity contribution in [2.75, 3.05) is 12.3 Å². The molecule has 1 nitrogen and oxygen atoms in total. The predicted molar refractivity (Wildman–Crippen MR) is 55.5 cm³/mol. The second-order valence-electron chi connectivity index (χ2n) is 4.04. The highest BCUT2D eigenvalue weighted by Crippen LogP contribution is 2.39. The van der Waals surface area contributed by atoms with Crippen LogP contribution in [0.5, 0.6) is 0 Å². The molecule has 0 atom stereocenters. The van der Waals surface area contributed by atoms with Crippen molar-refractivity contribution in [3.8, 4) is 0 Å². The zero-order chi connectivity index (χ0) is 8.28. The van der Waals surface area contributed by atoms with Crippen LogP contribution in [0.25, 0.3) is 0 Å². The van der Waals surface area contributed by atoms with Crippen molar-refractivity contribution in [3.63, 3.8) is 0 Å². The third kappa shape index (κ3) is 1.97. The van der Waals surface area contributed by atoms with Crippen molar-refractivity contribution in [3.05, 3.63) is 0 Å². The van der Waals surface area contributed by atoms with Gasteiger partial charge in [-0.3, -0.25) is 0 Å². The van der Waals surface area contributed by atoms with Gasteiger partial charge >= 0.3 is 0 Å². The Hall–Kier alpha value is 0.310. The van der Waals surface area contributed by atoms with Gasteiger partial charge in [0.2, 0.25) is 0 Å².